The van der Waals surface area contributed by atoms with E-state index in [9.17, 15) is 15.3 Å². The summed E-state index contributed by atoms with van der Waals surface area (Å²) < 4.78 is 13.1. The third-order valence-corrected chi connectivity index (χ3v) is 12.0. The first kappa shape index (κ1) is 22.3. The van der Waals surface area contributed by atoms with Gasteiger partial charge in [0.1, 0.15) is 0 Å². The van der Waals surface area contributed by atoms with Gasteiger partial charge in [0.25, 0.3) is 0 Å². The molecule has 0 radical (unpaired) electrons. The molecule has 2 saturated heterocycles. The number of ether oxygens (including phenoxy) is 2. The van der Waals surface area contributed by atoms with E-state index in [-0.39, 0.29) is 22.9 Å². The third-order valence-electron chi connectivity index (χ3n) is 12.0. The van der Waals surface area contributed by atoms with E-state index in [1.165, 1.54) is 6.42 Å². The van der Waals surface area contributed by atoms with Crippen molar-refractivity contribution in [3.05, 3.63) is 0 Å². The molecule has 3 N–H and O–H groups in total. The fourth-order valence-corrected chi connectivity index (χ4v) is 10.3. The zero-order valence-corrected chi connectivity index (χ0v) is 20.4. The molecule has 32 heavy (non-hydrogen) atoms. The van der Waals surface area contributed by atoms with Gasteiger partial charge >= 0.3 is 0 Å². The smallest absolute Gasteiger partial charge is 0.171 e. The van der Waals surface area contributed by atoms with E-state index < -0.39 is 24.1 Å². The van der Waals surface area contributed by atoms with E-state index in [4.69, 9.17) is 9.47 Å². The minimum Gasteiger partial charge on any atom is -0.390 e. The molecule has 0 aromatic heterocycles. The number of hydrogen-bond acceptors (Lipinski definition) is 5. The maximum absolute atomic E-state index is 11.8. The third kappa shape index (κ3) is 2.75. The highest BCUT2D eigenvalue weighted by Crippen LogP contribution is 2.71. The minimum atomic E-state index is -0.606. The standard InChI is InChI=1S/C27H44O5/c1-14-7-10-27(31-13-14)15(2)21-24(32-27)23(30)22-17-6-5-16-11-19(28)20(29)12-26(16,4)18(17)8-9-25(21,22)3/h14-24,28-30H,5-13H2,1-4H3/t14-,15+,16+,17-,18+,19-,20-,21+,22-,23+,24+,25-,26+,27-/m0/s1. The zero-order valence-electron chi connectivity index (χ0n) is 20.4. The van der Waals surface area contributed by atoms with Gasteiger partial charge in [-0.2, -0.15) is 0 Å². The molecule has 6 fully saturated rings. The lowest BCUT2D eigenvalue weighted by Gasteiger charge is -2.62. The predicted octanol–water partition coefficient (Wildman–Crippen LogP) is 3.74. The molecule has 0 bridgehead atoms. The Hall–Kier alpha value is -0.200. The molecule has 4 saturated carbocycles. The van der Waals surface area contributed by atoms with Crippen molar-refractivity contribution in [2.24, 2.45) is 52.3 Å². The van der Waals surface area contributed by atoms with E-state index in [2.05, 4.69) is 27.7 Å². The Balaban J connectivity index is 1.30. The molecule has 0 aromatic carbocycles. The van der Waals surface area contributed by atoms with Crippen molar-refractivity contribution in [3.8, 4) is 0 Å². The highest BCUT2D eigenvalue weighted by Gasteiger charge is 2.72. The van der Waals surface area contributed by atoms with Crippen LogP contribution in [0.4, 0.5) is 0 Å². The van der Waals surface area contributed by atoms with Crippen LogP contribution in [0.15, 0.2) is 0 Å². The highest BCUT2D eigenvalue weighted by atomic mass is 16.7. The second-order valence-corrected chi connectivity index (χ2v) is 13.3. The Labute approximate surface area is 193 Å². The van der Waals surface area contributed by atoms with Gasteiger partial charge in [-0.05, 0) is 85.4 Å². The monoisotopic (exact) mass is 448 g/mol. The van der Waals surface area contributed by atoms with Crippen LogP contribution in [0.5, 0.6) is 0 Å². The molecule has 5 nitrogen and oxygen atoms in total. The maximum atomic E-state index is 11.8. The molecule has 2 heterocycles. The average Bonchev–Trinajstić information content (AvgIpc) is 3.15. The van der Waals surface area contributed by atoms with Gasteiger partial charge in [-0.3, -0.25) is 0 Å². The Morgan fingerprint density at radius 2 is 1.62 bits per heavy atom. The molecule has 14 atom stereocenters. The second kappa shape index (κ2) is 7.16. The molecule has 182 valence electrons. The summed E-state index contributed by atoms with van der Waals surface area (Å²) >= 11 is 0. The van der Waals surface area contributed by atoms with Crippen molar-refractivity contribution >= 4 is 0 Å². The SMILES string of the molecule is C[C@H]1CC[C@]2(OC1)O[C@H]1[C@H](O)[C@@H]3[C@H]4CC[C@@H]5C[C@H](O)[C@@H](O)C[C@@]5(C)[C@@H]4CC[C@@]3(C)[C@@H]1[C@H]2C. The molecular formula is C27H44O5. The highest BCUT2D eigenvalue weighted by molar-refractivity contribution is 5.18. The Kier molecular flexibility index (Phi) is 4.99. The lowest BCUT2D eigenvalue weighted by atomic mass is 9.44. The van der Waals surface area contributed by atoms with Gasteiger partial charge in [0.2, 0.25) is 0 Å². The second-order valence-electron chi connectivity index (χ2n) is 13.3. The van der Waals surface area contributed by atoms with Crippen LogP contribution in [0.2, 0.25) is 0 Å². The first-order chi connectivity index (χ1) is 15.1. The number of hydrogen-bond donors (Lipinski definition) is 3. The zero-order chi connectivity index (χ0) is 22.6. The summed E-state index contributed by atoms with van der Waals surface area (Å²) in [6.07, 6.45) is 6.33. The Morgan fingerprint density at radius 3 is 2.34 bits per heavy atom. The van der Waals surface area contributed by atoms with Crippen molar-refractivity contribution in [1.29, 1.82) is 0 Å². The van der Waals surface area contributed by atoms with Gasteiger partial charge in [0, 0.05) is 18.3 Å². The number of aliphatic hydroxyl groups is 3. The van der Waals surface area contributed by atoms with Crippen LogP contribution in [0.1, 0.15) is 79.1 Å². The van der Waals surface area contributed by atoms with Crippen molar-refractivity contribution in [3.63, 3.8) is 0 Å². The molecule has 4 aliphatic carbocycles. The fourth-order valence-electron chi connectivity index (χ4n) is 10.3. The summed E-state index contributed by atoms with van der Waals surface area (Å²) in [5.74, 6) is 2.49. The molecule has 1 spiro atoms. The van der Waals surface area contributed by atoms with Gasteiger partial charge in [0.05, 0.1) is 31.0 Å². The van der Waals surface area contributed by atoms with Crippen LogP contribution >= 0.6 is 0 Å². The van der Waals surface area contributed by atoms with Crippen LogP contribution in [0, 0.1) is 52.3 Å². The normalized spacial score (nSPS) is 64.0. The number of aliphatic hydroxyl groups excluding tert-OH is 3. The van der Waals surface area contributed by atoms with Crippen molar-refractivity contribution < 1.29 is 24.8 Å². The summed E-state index contributed by atoms with van der Waals surface area (Å²) in [6.45, 7) is 10.2. The molecule has 6 rings (SSSR count). The number of fused-ring (bicyclic) bond motifs is 7. The van der Waals surface area contributed by atoms with Crippen LogP contribution in [0.25, 0.3) is 0 Å². The van der Waals surface area contributed by atoms with Gasteiger partial charge in [-0.15, -0.1) is 0 Å². The van der Waals surface area contributed by atoms with Gasteiger partial charge < -0.3 is 24.8 Å². The van der Waals surface area contributed by atoms with Crippen LogP contribution < -0.4 is 0 Å². The largest absolute Gasteiger partial charge is 0.390 e. The van der Waals surface area contributed by atoms with Crippen LogP contribution in [-0.2, 0) is 9.47 Å². The summed E-state index contributed by atoms with van der Waals surface area (Å²) in [6, 6.07) is 0. The van der Waals surface area contributed by atoms with E-state index >= 15 is 0 Å². The molecule has 6 aliphatic rings. The summed E-state index contributed by atoms with van der Waals surface area (Å²) in [5.41, 5.74) is 0.146. The van der Waals surface area contributed by atoms with Gasteiger partial charge in [-0.25, -0.2) is 0 Å². The van der Waals surface area contributed by atoms with E-state index in [1.807, 2.05) is 0 Å². The van der Waals surface area contributed by atoms with Crippen LogP contribution in [0.3, 0.4) is 0 Å². The quantitative estimate of drug-likeness (QED) is 0.526. The molecule has 0 amide bonds. The molecular weight excluding hydrogens is 404 g/mol. The van der Waals surface area contributed by atoms with E-state index in [0.717, 1.165) is 45.1 Å². The van der Waals surface area contributed by atoms with Crippen LogP contribution in [-0.4, -0.2) is 52.1 Å². The van der Waals surface area contributed by atoms with Gasteiger partial charge in [0.15, 0.2) is 5.79 Å². The van der Waals surface area contributed by atoms with Crippen molar-refractivity contribution in [2.75, 3.05) is 6.61 Å². The molecule has 5 heteroatoms. The minimum absolute atomic E-state index is 0.0661. The van der Waals surface area contributed by atoms with E-state index in [1.54, 1.807) is 0 Å². The first-order valence-electron chi connectivity index (χ1n) is 13.5. The van der Waals surface area contributed by atoms with Crippen molar-refractivity contribution in [1.82, 2.24) is 0 Å². The summed E-state index contributed by atoms with van der Waals surface area (Å²) in [4.78, 5) is 0. The molecule has 2 aliphatic heterocycles. The lowest BCUT2D eigenvalue weighted by molar-refractivity contribution is -0.282. The van der Waals surface area contributed by atoms with Crippen molar-refractivity contribution in [2.45, 2.75) is 109 Å². The average molecular weight is 449 g/mol. The maximum Gasteiger partial charge on any atom is 0.171 e. The lowest BCUT2D eigenvalue weighted by Crippen LogP contribution is -2.58. The number of rotatable bonds is 0. The summed E-state index contributed by atoms with van der Waals surface area (Å²) in [5, 5.41) is 32.7. The summed E-state index contributed by atoms with van der Waals surface area (Å²) in [7, 11) is 0. The molecule has 0 aromatic rings. The molecule has 0 unspecified atom stereocenters. The predicted molar refractivity (Wildman–Crippen MR) is 121 cm³/mol. The fraction of sp³-hybridized carbons (Fsp3) is 1.00. The topological polar surface area (TPSA) is 79.2 Å². The Bertz CT molecular complexity index is 748. The van der Waals surface area contributed by atoms with Gasteiger partial charge in [-0.1, -0.05) is 27.7 Å². The Morgan fingerprint density at radius 1 is 0.844 bits per heavy atom. The van der Waals surface area contributed by atoms with E-state index in [0.29, 0.717) is 41.9 Å². The first-order valence-corrected chi connectivity index (χ1v) is 13.5.